The Bertz CT molecular complexity index is 918. The zero-order chi connectivity index (χ0) is 31.6. The Morgan fingerprint density at radius 2 is 1.83 bits per heavy atom. The average molecular weight is 587 g/mol. The number of benzene rings is 1. The van der Waals surface area contributed by atoms with Crippen LogP contribution in [0.1, 0.15) is 83.1 Å². The molecule has 1 saturated carbocycles. The summed E-state index contributed by atoms with van der Waals surface area (Å²) in [4.78, 5) is 20.3. The van der Waals surface area contributed by atoms with Crippen LogP contribution in [0.25, 0.3) is 0 Å². The summed E-state index contributed by atoms with van der Waals surface area (Å²) in [5.74, 6) is 0.524. The minimum Gasteiger partial charge on any atom is -0.476 e. The van der Waals surface area contributed by atoms with E-state index in [0.717, 1.165) is 82.9 Å². The van der Waals surface area contributed by atoms with Crippen molar-refractivity contribution < 1.29 is 14.3 Å². The van der Waals surface area contributed by atoms with Crippen LogP contribution in [0.5, 0.6) is 0 Å². The van der Waals surface area contributed by atoms with E-state index in [1.165, 1.54) is 6.21 Å². The average Bonchev–Trinajstić information content (AvgIpc) is 3.87. The molecule has 4 N–H and O–H groups in total. The van der Waals surface area contributed by atoms with Crippen molar-refractivity contribution in [1.29, 1.82) is 5.41 Å². The molecular weight excluding hydrogens is 528 g/mol. The summed E-state index contributed by atoms with van der Waals surface area (Å²) >= 11 is 0. The SMILES string of the molecule is C=N/C(=C\C(=C/CN)N(CCC)CCC)OCCN1CCOCC1.CC.CC.N=Cc1cccc(C(=O)NC2CC2)c1. The molecule has 0 aromatic heterocycles. The van der Waals surface area contributed by atoms with Gasteiger partial charge >= 0.3 is 0 Å². The van der Waals surface area contributed by atoms with Crippen molar-refractivity contribution >= 4 is 18.8 Å². The lowest BCUT2D eigenvalue weighted by Crippen LogP contribution is -2.38. The molecule has 1 aliphatic carbocycles. The number of aliphatic imine (C=N–C) groups is 1. The van der Waals surface area contributed by atoms with Gasteiger partial charge in [0.15, 0.2) is 0 Å². The molecule has 238 valence electrons. The van der Waals surface area contributed by atoms with Gasteiger partial charge in [-0.2, -0.15) is 0 Å². The third-order valence-electron chi connectivity index (χ3n) is 6.10. The van der Waals surface area contributed by atoms with Crippen LogP contribution in [0.15, 0.2) is 53.0 Å². The second-order valence-electron chi connectivity index (χ2n) is 9.31. The number of ether oxygens (including phenoxy) is 2. The zero-order valence-corrected chi connectivity index (χ0v) is 27.2. The molecule has 0 bridgehead atoms. The van der Waals surface area contributed by atoms with Crippen molar-refractivity contribution in [3.8, 4) is 0 Å². The molecule has 0 atom stereocenters. The first-order chi connectivity index (χ1) is 20.5. The van der Waals surface area contributed by atoms with Gasteiger partial charge in [0.1, 0.15) is 6.61 Å². The number of carbonyl (C=O) groups is 1. The van der Waals surface area contributed by atoms with Gasteiger partial charge in [-0.25, -0.2) is 4.99 Å². The number of morpholine rings is 1. The second kappa shape index (κ2) is 25.7. The molecule has 1 saturated heterocycles. The number of nitrogens with zero attached hydrogens (tertiary/aromatic N) is 3. The Hall–Kier alpha value is -3.01. The third-order valence-corrected chi connectivity index (χ3v) is 6.10. The van der Waals surface area contributed by atoms with Crippen molar-refractivity contribution in [1.82, 2.24) is 15.1 Å². The van der Waals surface area contributed by atoms with Crippen LogP contribution < -0.4 is 11.1 Å². The fourth-order valence-corrected chi connectivity index (χ4v) is 3.94. The molecule has 42 heavy (non-hydrogen) atoms. The molecule has 2 aliphatic rings. The smallest absolute Gasteiger partial charge is 0.251 e. The van der Waals surface area contributed by atoms with Crippen LogP contribution in [-0.2, 0) is 9.47 Å². The standard InChI is InChI=1S/C18H34N4O2.C11H12N2O.2C2H6/c1-4-8-22(9-5-2)17(6-7-19)16-18(20-3)24-15-12-21-10-13-23-14-11-21;12-7-8-2-1-3-9(6-8)11(14)13-10-4-5-10;2*1-2/h6,16H,3-5,7-15,19H2,1-2H3;1-3,6-7,10,12H,4-5H2,(H,13,14);2*1-2H3/b17-6+,18-16+;;;. The molecule has 1 aromatic carbocycles. The first-order valence-corrected chi connectivity index (χ1v) is 15.7. The Kier molecular flexibility index (Phi) is 23.8. The van der Waals surface area contributed by atoms with E-state index in [-0.39, 0.29) is 5.91 Å². The maximum Gasteiger partial charge on any atom is 0.251 e. The highest BCUT2D eigenvalue weighted by molar-refractivity contribution is 5.96. The Balaban J connectivity index is 0.000000787. The highest BCUT2D eigenvalue weighted by Gasteiger charge is 2.23. The fraction of sp³-hybridized carbons (Fsp3) is 0.606. The first-order valence-electron chi connectivity index (χ1n) is 15.7. The summed E-state index contributed by atoms with van der Waals surface area (Å²) in [6.45, 7) is 23.5. The topological polar surface area (TPSA) is 116 Å². The number of amides is 1. The lowest BCUT2D eigenvalue weighted by atomic mass is 10.1. The largest absolute Gasteiger partial charge is 0.476 e. The van der Waals surface area contributed by atoms with Gasteiger partial charge in [-0.05, 0) is 56.2 Å². The van der Waals surface area contributed by atoms with E-state index >= 15 is 0 Å². The van der Waals surface area contributed by atoms with Crippen LogP contribution in [0.4, 0.5) is 0 Å². The molecule has 0 spiro atoms. The van der Waals surface area contributed by atoms with E-state index in [0.29, 0.717) is 30.6 Å². The summed E-state index contributed by atoms with van der Waals surface area (Å²) in [5, 5.41) is 9.99. The molecule has 1 amide bonds. The quantitative estimate of drug-likeness (QED) is 0.143. The molecule has 0 unspecified atom stereocenters. The van der Waals surface area contributed by atoms with Crippen LogP contribution in [0, 0.1) is 5.41 Å². The van der Waals surface area contributed by atoms with Crippen molar-refractivity contribution in [3.05, 3.63) is 59.1 Å². The molecule has 9 nitrogen and oxygen atoms in total. The molecular formula is C33H58N6O3. The number of nitrogens with one attached hydrogen (secondary N) is 2. The number of rotatable bonds is 15. The fourth-order valence-electron chi connectivity index (χ4n) is 3.94. The van der Waals surface area contributed by atoms with Crippen molar-refractivity contribution in [2.24, 2.45) is 10.7 Å². The first kappa shape index (κ1) is 39.0. The van der Waals surface area contributed by atoms with Gasteiger partial charge in [0, 0.05) is 68.9 Å². The van der Waals surface area contributed by atoms with E-state index in [1.807, 2.05) is 39.8 Å². The monoisotopic (exact) mass is 586 g/mol. The van der Waals surface area contributed by atoms with Crippen LogP contribution in [-0.4, -0.2) is 93.8 Å². The summed E-state index contributed by atoms with van der Waals surface area (Å²) in [6.07, 6.45) is 9.57. The zero-order valence-electron chi connectivity index (χ0n) is 27.2. The highest BCUT2D eigenvalue weighted by atomic mass is 16.5. The molecule has 1 aliphatic heterocycles. The predicted octanol–water partition coefficient (Wildman–Crippen LogP) is 5.47. The Labute approximate surface area is 255 Å². The van der Waals surface area contributed by atoms with Gasteiger partial charge in [0.2, 0.25) is 5.88 Å². The van der Waals surface area contributed by atoms with Gasteiger partial charge < -0.3 is 30.8 Å². The number of hydrogen-bond donors (Lipinski definition) is 3. The van der Waals surface area contributed by atoms with Crippen LogP contribution >= 0.6 is 0 Å². The van der Waals surface area contributed by atoms with Crippen molar-refractivity contribution in [2.75, 3.05) is 59.1 Å². The third kappa shape index (κ3) is 17.1. The molecule has 2 fully saturated rings. The second-order valence-corrected chi connectivity index (χ2v) is 9.31. The lowest BCUT2D eigenvalue weighted by molar-refractivity contribution is 0.0274. The van der Waals surface area contributed by atoms with E-state index in [4.69, 9.17) is 20.6 Å². The summed E-state index contributed by atoms with van der Waals surface area (Å²) in [7, 11) is 0. The maximum absolute atomic E-state index is 11.6. The lowest BCUT2D eigenvalue weighted by Gasteiger charge is -2.27. The number of hydrogen-bond acceptors (Lipinski definition) is 8. The summed E-state index contributed by atoms with van der Waals surface area (Å²) in [6, 6.07) is 7.48. The van der Waals surface area contributed by atoms with Gasteiger partial charge in [-0.3, -0.25) is 9.69 Å². The van der Waals surface area contributed by atoms with Gasteiger partial charge in [0.05, 0.1) is 13.2 Å². The normalized spacial score (nSPS) is 14.9. The highest BCUT2D eigenvalue weighted by Crippen LogP contribution is 2.19. The molecule has 0 radical (unpaired) electrons. The van der Waals surface area contributed by atoms with Crippen LogP contribution in [0.2, 0.25) is 0 Å². The van der Waals surface area contributed by atoms with Gasteiger partial charge in [-0.15, -0.1) is 0 Å². The maximum atomic E-state index is 11.6. The number of nitrogens with two attached hydrogens (primary N) is 1. The van der Waals surface area contributed by atoms with Crippen LogP contribution in [0.3, 0.4) is 0 Å². The number of allylic oxidation sites excluding steroid dienone is 1. The molecule has 1 aromatic rings. The van der Waals surface area contributed by atoms with Crippen molar-refractivity contribution in [3.63, 3.8) is 0 Å². The van der Waals surface area contributed by atoms with Gasteiger partial charge in [0.25, 0.3) is 5.91 Å². The van der Waals surface area contributed by atoms with E-state index in [1.54, 1.807) is 24.3 Å². The van der Waals surface area contributed by atoms with Gasteiger partial charge in [-0.1, -0.05) is 53.7 Å². The Morgan fingerprint density at radius 3 is 2.36 bits per heavy atom. The molecule has 1 heterocycles. The minimum atomic E-state index is -0.0313. The Morgan fingerprint density at radius 1 is 1.19 bits per heavy atom. The van der Waals surface area contributed by atoms with E-state index < -0.39 is 0 Å². The van der Waals surface area contributed by atoms with E-state index in [2.05, 4.69) is 40.7 Å². The predicted molar refractivity (Wildman–Crippen MR) is 178 cm³/mol. The van der Waals surface area contributed by atoms with E-state index in [9.17, 15) is 4.79 Å². The summed E-state index contributed by atoms with van der Waals surface area (Å²) < 4.78 is 11.2. The molecule has 3 rings (SSSR count). The molecule has 9 heteroatoms. The van der Waals surface area contributed by atoms with Crippen molar-refractivity contribution in [2.45, 2.75) is 73.3 Å². The minimum absolute atomic E-state index is 0.0313. The summed E-state index contributed by atoms with van der Waals surface area (Å²) in [5.41, 5.74) is 8.20. The number of carbonyl (C=O) groups excluding carboxylic acids is 1.